The first kappa shape index (κ1) is 20.4. The fraction of sp³-hybridized carbons (Fsp3) is 0.250. The van der Waals surface area contributed by atoms with Gasteiger partial charge in [-0.05, 0) is 49.1 Å². The SMILES string of the molecule is Cc1ccnc(Nc2cc(N3CCN(C(=O)c4cc5ccccc5s4)CC3)nc(C)n2)c1. The summed E-state index contributed by atoms with van der Waals surface area (Å²) in [5.74, 6) is 3.14. The molecule has 8 heteroatoms. The van der Waals surface area contributed by atoms with Crippen LogP contribution in [0.2, 0.25) is 0 Å². The highest BCUT2D eigenvalue weighted by Crippen LogP contribution is 2.27. The first-order valence-electron chi connectivity index (χ1n) is 10.6. The van der Waals surface area contributed by atoms with Crippen LogP contribution in [0.5, 0.6) is 0 Å². The van der Waals surface area contributed by atoms with Gasteiger partial charge in [0.05, 0.1) is 4.88 Å². The second-order valence-corrected chi connectivity index (χ2v) is 9.01. The van der Waals surface area contributed by atoms with Gasteiger partial charge in [0.15, 0.2) is 0 Å². The lowest BCUT2D eigenvalue weighted by molar-refractivity contribution is 0.0751. The van der Waals surface area contributed by atoms with Crippen LogP contribution in [0.3, 0.4) is 0 Å². The van der Waals surface area contributed by atoms with Crippen molar-refractivity contribution in [3.05, 3.63) is 71.0 Å². The van der Waals surface area contributed by atoms with Gasteiger partial charge in [-0.15, -0.1) is 11.3 Å². The van der Waals surface area contributed by atoms with Crippen LogP contribution in [0.15, 0.2) is 54.7 Å². The highest BCUT2D eigenvalue weighted by molar-refractivity contribution is 7.20. The number of carbonyl (C=O) groups is 1. The molecule has 1 N–H and O–H groups in total. The van der Waals surface area contributed by atoms with Crippen LogP contribution in [0.4, 0.5) is 17.5 Å². The Balaban J connectivity index is 1.27. The van der Waals surface area contributed by atoms with E-state index < -0.39 is 0 Å². The van der Waals surface area contributed by atoms with E-state index in [4.69, 9.17) is 0 Å². The van der Waals surface area contributed by atoms with Crippen molar-refractivity contribution in [2.75, 3.05) is 36.4 Å². The average Bonchev–Trinajstić information content (AvgIpc) is 3.23. The van der Waals surface area contributed by atoms with Gasteiger partial charge < -0.3 is 15.1 Å². The number of amides is 1. The Bertz CT molecular complexity index is 1250. The van der Waals surface area contributed by atoms with Crippen molar-refractivity contribution in [2.24, 2.45) is 0 Å². The smallest absolute Gasteiger partial charge is 0.264 e. The molecule has 1 aliphatic heterocycles. The summed E-state index contributed by atoms with van der Waals surface area (Å²) in [5, 5.41) is 4.40. The number of benzene rings is 1. The first-order chi connectivity index (χ1) is 15.5. The summed E-state index contributed by atoms with van der Waals surface area (Å²) in [6.07, 6.45) is 1.78. The summed E-state index contributed by atoms with van der Waals surface area (Å²) < 4.78 is 1.15. The zero-order valence-electron chi connectivity index (χ0n) is 18.1. The van der Waals surface area contributed by atoms with E-state index in [1.54, 1.807) is 17.5 Å². The van der Waals surface area contributed by atoms with Crippen LogP contribution in [0.1, 0.15) is 21.1 Å². The summed E-state index contributed by atoms with van der Waals surface area (Å²) in [6, 6.07) is 16.0. The van der Waals surface area contributed by atoms with Crippen molar-refractivity contribution in [1.82, 2.24) is 19.9 Å². The van der Waals surface area contributed by atoms with Crippen LogP contribution in [-0.2, 0) is 0 Å². The van der Waals surface area contributed by atoms with Crippen molar-refractivity contribution in [3.63, 3.8) is 0 Å². The number of thiophene rings is 1. The molecule has 162 valence electrons. The van der Waals surface area contributed by atoms with Gasteiger partial charge in [0.2, 0.25) is 0 Å². The third-order valence-corrected chi connectivity index (χ3v) is 6.63. The predicted octanol–water partition coefficient (Wildman–Crippen LogP) is 4.41. The third-order valence-electron chi connectivity index (χ3n) is 5.52. The molecule has 32 heavy (non-hydrogen) atoms. The second kappa shape index (κ2) is 8.55. The predicted molar refractivity (Wildman–Crippen MR) is 129 cm³/mol. The number of carbonyl (C=O) groups excluding carboxylic acids is 1. The van der Waals surface area contributed by atoms with E-state index in [-0.39, 0.29) is 5.91 Å². The molecule has 4 heterocycles. The minimum atomic E-state index is 0.109. The number of nitrogens with zero attached hydrogens (tertiary/aromatic N) is 5. The number of hydrogen-bond donors (Lipinski definition) is 1. The van der Waals surface area contributed by atoms with Crippen molar-refractivity contribution < 1.29 is 4.79 Å². The van der Waals surface area contributed by atoms with Crippen molar-refractivity contribution in [3.8, 4) is 0 Å². The monoisotopic (exact) mass is 444 g/mol. The molecule has 3 aromatic heterocycles. The molecular weight excluding hydrogens is 420 g/mol. The number of pyridine rings is 1. The number of aromatic nitrogens is 3. The molecular formula is C24H24N6OS. The average molecular weight is 445 g/mol. The van der Waals surface area contributed by atoms with Gasteiger partial charge in [-0.2, -0.15) is 0 Å². The molecule has 1 saturated heterocycles. The largest absolute Gasteiger partial charge is 0.353 e. The fourth-order valence-electron chi connectivity index (χ4n) is 3.90. The van der Waals surface area contributed by atoms with Gasteiger partial charge in [-0.3, -0.25) is 4.79 Å². The zero-order valence-corrected chi connectivity index (χ0v) is 18.9. The number of nitrogens with one attached hydrogen (secondary N) is 1. The van der Waals surface area contributed by atoms with Crippen molar-refractivity contribution >= 4 is 44.8 Å². The zero-order chi connectivity index (χ0) is 22.1. The quantitative estimate of drug-likeness (QED) is 0.503. The maximum atomic E-state index is 13.0. The van der Waals surface area contributed by atoms with Gasteiger partial charge in [0.25, 0.3) is 5.91 Å². The summed E-state index contributed by atoms with van der Waals surface area (Å²) in [4.78, 5) is 31.5. The first-order valence-corrected chi connectivity index (χ1v) is 11.4. The molecule has 1 fully saturated rings. The topological polar surface area (TPSA) is 74.2 Å². The van der Waals surface area contributed by atoms with E-state index >= 15 is 0 Å². The number of aryl methyl sites for hydroxylation is 2. The van der Waals surface area contributed by atoms with Crippen LogP contribution in [0.25, 0.3) is 10.1 Å². The van der Waals surface area contributed by atoms with Gasteiger partial charge in [0, 0.05) is 43.1 Å². The highest BCUT2D eigenvalue weighted by atomic mass is 32.1. The highest BCUT2D eigenvalue weighted by Gasteiger charge is 2.24. The Morgan fingerprint density at radius 1 is 0.969 bits per heavy atom. The third kappa shape index (κ3) is 4.27. The lowest BCUT2D eigenvalue weighted by Crippen LogP contribution is -2.49. The Labute approximate surface area is 190 Å². The van der Waals surface area contributed by atoms with E-state index in [0.29, 0.717) is 18.9 Å². The summed E-state index contributed by atoms with van der Waals surface area (Å²) >= 11 is 1.56. The molecule has 0 aliphatic carbocycles. The maximum absolute atomic E-state index is 13.0. The van der Waals surface area contributed by atoms with E-state index in [0.717, 1.165) is 51.1 Å². The molecule has 1 aromatic carbocycles. The van der Waals surface area contributed by atoms with Crippen LogP contribution < -0.4 is 10.2 Å². The summed E-state index contributed by atoms with van der Waals surface area (Å²) in [5.41, 5.74) is 1.13. The minimum Gasteiger partial charge on any atom is -0.353 e. The number of hydrogen-bond acceptors (Lipinski definition) is 7. The molecule has 0 radical (unpaired) electrons. The van der Waals surface area contributed by atoms with Crippen LogP contribution >= 0.6 is 11.3 Å². The van der Waals surface area contributed by atoms with E-state index in [2.05, 4.69) is 37.3 Å². The van der Waals surface area contributed by atoms with E-state index in [1.165, 1.54) is 0 Å². The number of fused-ring (bicyclic) bond motifs is 1. The molecule has 5 rings (SSSR count). The van der Waals surface area contributed by atoms with Gasteiger partial charge >= 0.3 is 0 Å². The molecule has 7 nitrogen and oxygen atoms in total. The molecule has 0 saturated carbocycles. The molecule has 4 aromatic rings. The molecule has 1 amide bonds. The Kier molecular flexibility index (Phi) is 5.45. The van der Waals surface area contributed by atoms with Crippen molar-refractivity contribution in [2.45, 2.75) is 13.8 Å². The number of anilines is 3. The molecule has 0 spiro atoms. The van der Waals surface area contributed by atoms with Gasteiger partial charge in [0.1, 0.15) is 23.3 Å². The standard InChI is InChI=1S/C24H24N6OS/c1-16-7-8-25-21(13-16)28-22-15-23(27-17(2)26-22)29-9-11-30(12-10-29)24(31)20-14-18-5-3-4-6-19(18)32-20/h3-8,13-15H,9-12H2,1-2H3,(H,25,26,27,28). The van der Waals surface area contributed by atoms with Crippen molar-refractivity contribution in [1.29, 1.82) is 0 Å². The van der Waals surface area contributed by atoms with E-state index in [1.807, 2.05) is 55.1 Å². The fourth-order valence-corrected chi connectivity index (χ4v) is 4.93. The lowest BCUT2D eigenvalue weighted by atomic mass is 10.2. The Morgan fingerprint density at radius 2 is 1.78 bits per heavy atom. The maximum Gasteiger partial charge on any atom is 0.264 e. The normalized spacial score (nSPS) is 14.1. The van der Waals surface area contributed by atoms with Gasteiger partial charge in [-0.1, -0.05) is 18.2 Å². The number of rotatable bonds is 4. The minimum absolute atomic E-state index is 0.109. The lowest BCUT2D eigenvalue weighted by Gasteiger charge is -2.35. The van der Waals surface area contributed by atoms with Gasteiger partial charge in [-0.25, -0.2) is 15.0 Å². The van der Waals surface area contributed by atoms with Crippen LogP contribution in [-0.4, -0.2) is 51.9 Å². The molecule has 1 aliphatic rings. The van der Waals surface area contributed by atoms with Crippen LogP contribution in [0, 0.1) is 13.8 Å². The number of piperazine rings is 1. The second-order valence-electron chi connectivity index (χ2n) is 7.93. The Hall–Kier alpha value is -3.52. The summed E-state index contributed by atoms with van der Waals surface area (Å²) in [7, 11) is 0. The molecule has 0 unspecified atom stereocenters. The molecule has 0 bridgehead atoms. The molecule has 0 atom stereocenters. The summed E-state index contributed by atoms with van der Waals surface area (Å²) in [6.45, 7) is 6.71. The van der Waals surface area contributed by atoms with E-state index in [9.17, 15) is 4.79 Å². The Morgan fingerprint density at radius 3 is 2.56 bits per heavy atom.